The first kappa shape index (κ1) is 37.9. The molecule has 0 aromatic heterocycles. The lowest BCUT2D eigenvalue weighted by molar-refractivity contribution is 0.261. The highest BCUT2D eigenvalue weighted by Crippen LogP contribution is 2.28. The van der Waals surface area contributed by atoms with E-state index in [-0.39, 0.29) is 32.8 Å². The number of carbonyl (C=O) groups is 2. The second-order valence-electron chi connectivity index (χ2n) is 12.1. The van der Waals surface area contributed by atoms with Gasteiger partial charge in [0.05, 0.1) is 0 Å². The molecule has 13 nitrogen and oxygen atoms in total. The highest BCUT2D eigenvalue weighted by molar-refractivity contribution is 7.87. The van der Waals surface area contributed by atoms with Crippen LogP contribution in [0.15, 0.2) is 155 Å². The van der Waals surface area contributed by atoms with Gasteiger partial charge in [0.2, 0.25) is 0 Å². The van der Waals surface area contributed by atoms with E-state index < -0.39 is 32.3 Å². The third kappa shape index (κ3) is 10.6. The molecular weight excluding hydrogens is 745 g/mol. The average Bonchev–Trinajstić information content (AvgIpc) is 3.12. The van der Waals surface area contributed by atoms with Crippen molar-refractivity contribution < 1.29 is 39.5 Å². The summed E-state index contributed by atoms with van der Waals surface area (Å²) >= 11 is 0. The van der Waals surface area contributed by atoms with Crippen LogP contribution in [0.25, 0.3) is 0 Å². The number of benzene rings is 6. The molecule has 0 bridgehead atoms. The van der Waals surface area contributed by atoms with E-state index in [1.165, 1.54) is 72.8 Å². The van der Waals surface area contributed by atoms with E-state index in [4.69, 9.17) is 13.1 Å². The van der Waals surface area contributed by atoms with E-state index in [9.17, 15) is 26.4 Å². The van der Waals surface area contributed by atoms with Crippen LogP contribution in [-0.4, -0.2) is 28.9 Å². The van der Waals surface area contributed by atoms with Crippen LogP contribution >= 0.6 is 0 Å². The fraction of sp³-hybridized carbons (Fsp3) is 0.0500. The van der Waals surface area contributed by atoms with Crippen molar-refractivity contribution >= 4 is 55.0 Å². The van der Waals surface area contributed by atoms with Crippen molar-refractivity contribution in [2.45, 2.75) is 23.6 Å². The molecular formula is C40H34N4O9S2. The van der Waals surface area contributed by atoms with Crippen molar-refractivity contribution in [1.29, 1.82) is 0 Å². The lowest BCUT2D eigenvalue weighted by Crippen LogP contribution is -2.19. The lowest BCUT2D eigenvalue weighted by atomic mass is 10.2. The maximum Gasteiger partial charge on any atom is 0.339 e. The van der Waals surface area contributed by atoms with Gasteiger partial charge in [-0.1, -0.05) is 36.4 Å². The normalized spacial score (nSPS) is 11.2. The topological polar surface area (TPSA) is 178 Å². The first-order chi connectivity index (χ1) is 26.3. The van der Waals surface area contributed by atoms with Gasteiger partial charge in [-0.15, -0.1) is 0 Å². The van der Waals surface area contributed by atoms with E-state index in [0.717, 1.165) is 11.1 Å². The number of nitrogens with one attached hydrogen (secondary N) is 4. The molecule has 0 heterocycles. The van der Waals surface area contributed by atoms with Gasteiger partial charge in [0.25, 0.3) is 0 Å². The zero-order chi connectivity index (χ0) is 39.0. The number of amides is 4. The van der Waals surface area contributed by atoms with E-state index in [1.54, 1.807) is 48.5 Å². The van der Waals surface area contributed by atoms with Gasteiger partial charge in [0.15, 0.2) is 0 Å². The Balaban J connectivity index is 1.03. The largest absolute Gasteiger partial charge is 0.457 e. The Kier molecular flexibility index (Phi) is 11.3. The molecule has 0 spiro atoms. The summed E-state index contributed by atoms with van der Waals surface area (Å²) < 4.78 is 68.5. The standard InChI is InChI=1S/C40H34N4O9S2/c1-27-7-3-9-29(23-27)41-39(45)43-31-11-5-13-35(25-31)52-54(47,48)37-19-15-33(16-20-37)51-34-17-21-38(22-18-34)55(49,50)53-36-14-6-12-32(26-36)44-40(46)42-30-10-4-8-28(2)24-30/h3-26H,1-2H3,(H2,41,43,45)(H2,42,44,46). The molecule has 0 unspecified atom stereocenters. The quantitative estimate of drug-likeness (QED) is 0.0883. The van der Waals surface area contributed by atoms with E-state index in [1.807, 2.05) is 38.1 Å². The van der Waals surface area contributed by atoms with Crippen LogP contribution in [0.1, 0.15) is 11.1 Å². The second kappa shape index (κ2) is 16.4. The van der Waals surface area contributed by atoms with Gasteiger partial charge in [-0.3, -0.25) is 0 Å². The molecule has 4 N–H and O–H groups in total. The summed E-state index contributed by atoms with van der Waals surface area (Å²) in [6.45, 7) is 3.80. The zero-order valence-electron chi connectivity index (χ0n) is 29.3. The van der Waals surface area contributed by atoms with Crippen molar-refractivity contribution in [3.63, 3.8) is 0 Å². The van der Waals surface area contributed by atoms with Crippen LogP contribution in [0, 0.1) is 13.8 Å². The molecule has 15 heteroatoms. The fourth-order valence-electron chi connectivity index (χ4n) is 5.12. The third-order valence-electron chi connectivity index (χ3n) is 7.61. The van der Waals surface area contributed by atoms with Crippen LogP contribution in [0.5, 0.6) is 23.0 Å². The van der Waals surface area contributed by atoms with Crippen LogP contribution in [0.3, 0.4) is 0 Å². The number of carbonyl (C=O) groups excluding carboxylic acids is 2. The summed E-state index contributed by atoms with van der Waals surface area (Å²) in [5.74, 6) is 0.511. The molecule has 6 aromatic rings. The number of hydrogen-bond donors (Lipinski definition) is 4. The Bertz CT molecular complexity index is 2380. The Labute approximate surface area is 318 Å². The molecule has 0 aliphatic rings. The smallest absolute Gasteiger partial charge is 0.339 e. The predicted octanol–water partition coefficient (Wildman–Crippen LogP) is 8.92. The number of ether oxygens (including phenoxy) is 1. The van der Waals surface area contributed by atoms with Gasteiger partial charge >= 0.3 is 32.3 Å². The maximum absolute atomic E-state index is 13.0. The molecule has 0 saturated carbocycles. The molecule has 0 atom stereocenters. The molecule has 6 aromatic carbocycles. The Hall–Kier alpha value is -6.84. The first-order valence-corrected chi connectivity index (χ1v) is 19.4. The van der Waals surface area contributed by atoms with Gasteiger partial charge in [-0.2, -0.15) is 16.8 Å². The Morgan fingerprint density at radius 1 is 0.418 bits per heavy atom. The van der Waals surface area contributed by atoms with Gasteiger partial charge in [0.1, 0.15) is 32.8 Å². The number of anilines is 4. The molecule has 0 saturated heterocycles. The van der Waals surface area contributed by atoms with Crippen LogP contribution in [-0.2, 0) is 20.2 Å². The molecule has 0 fully saturated rings. The molecule has 55 heavy (non-hydrogen) atoms. The average molecular weight is 779 g/mol. The minimum atomic E-state index is -4.26. The molecule has 280 valence electrons. The molecule has 0 aliphatic carbocycles. The van der Waals surface area contributed by atoms with Gasteiger partial charge in [0, 0.05) is 34.9 Å². The maximum atomic E-state index is 13.0. The Morgan fingerprint density at radius 2 is 0.745 bits per heavy atom. The van der Waals surface area contributed by atoms with Crippen molar-refractivity contribution in [2.24, 2.45) is 0 Å². The number of hydrogen-bond acceptors (Lipinski definition) is 9. The molecule has 0 aliphatic heterocycles. The summed E-state index contributed by atoms with van der Waals surface area (Å²) in [4.78, 5) is 24.6. The highest BCUT2D eigenvalue weighted by Gasteiger charge is 2.19. The summed E-state index contributed by atoms with van der Waals surface area (Å²) in [6, 6.07) is 36.2. The predicted molar refractivity (Wildman–Crippen MR) is 209 cm³/mol. The number of aryl methyl sites for hydroxylation is 2. The monoisotopic (exact) mass is 778 g/mol. The van der Waals surface area contributed by atoms with E-state index in [0.29, 0.717) is 22.7 Å². The number of rotatable bonds is 12. The van der Waals surface area contributed by atoms with Crippen molar-refractivity contribution in [3.05, 3.63) is 157 Å². The molecule has 0 radical (unpaired) electrons. The van der Waals surface area contributed by atoms with E-state index >= 15 is 0 Å². The van der Waals surface area contributed by atoms with Gasteiger partial charge < -0.3 is 34.4 Å². The fourth-order valence-corrected chi connectivity index (χ4v) is 6.96. The van der Waals surface area contributed by atoms with Gasteiger partial charge in [-0.05, 0) is 122 Å². The van der Waals surface area contributed by atoms with Crippen molar-refractivity contribution in [3.8, 4) is 23.0 Å². The third-order valence-corrected chi connectivity index (χ3v) is 10.1. The minimum absolute atomic E-state index is 0.0154. The SMILES string of the molecule is Cc1cccc(NC(=O)Nc2cccc(OS(=O)(=O)c3ccc(Oc4ccc(S(=O)(=O)Oc5cccc(NC(=O)Nc6cccc(C)c6)c5)cc4)cc3)c2)c1. The molecule has 4 amide bonds. The van der Waals surface area contributed by atoms with Crippen molar-refractivity contribution in [1.82, 2.24) is 0 Å². The summed E-state index contributed by atoms with van der Waals surface area (Å²) in [7, 11) is -8.52. The number of urea groups is 2. The second-order valence-corrected chi connectivity index (χ2v) is 15.2. The molecule has 6 rings (SSSR count). The summed E-state index contributed by atoms with van der Waals surface area (Å²) in [5, 5.41) is 10.7. The lowest BCUT2D eigenvalue weighted by Gasteiger charge is -2.12. The minimum Gasteiger partial charge on any atom is -0.457 e. The zero-order valence-corrected chi connectivity index (χ0v) is 31.0. The summed E-state index contributed by atoms with van der Waals surface area (Å²) in [5.41, 5.74) is 3.78. The van der Waals surface area contributed by atoms with E-state index in [2.05, 4.69) is 21.3 Å². The van der Waals surface area contributed by atoms with Crippen molar-refractivity contribution in [2.75, 3.05) is 21.3 Å². The summed E-state index contributed by atoms with van der Waals surface area (Å²) in [6.07, 6.45) is 0. The highest BCUT2D eigenvalue weighted by atomic mass is 32.2. The Morgan fingerprint density at radius 3 is 1.09 bits per heavy atom. The van der Waals surface area contributed by atoms with Crippen LogP contribution in [0.2, 0.25) is 0 Å². The van der Waals surface area contributed by atoms with Gasteiger partial charge in [-0.25, -0.2) is 9.59 Å². The van der Waals surface area contributed by atoms with Crippen LogP contribution in [0.4, 0.5) is 32.3 Å². The first-order valence-electron chi connectivity index (χ1n) is 16.6. The van der Waals surface area contributed by atoms with Crippen LogP contribution < -0.4 is 34.4 Å².